The number of tetrazole rings is 1. The highest BCUT2D eigenvalue weighted by Crippen LogP contribution is 2.22. The molecule has 2 aromatic rings. The molecule has 0 aliphatic heterocycles. The van der Waals surface area contributed by atoms with Gasteiger partial charge in [-0.1, -0.05) is 11.8 Å². The van der Waals surface area contributed by atoms with E-state index in [1.807, 2.05) is 0 Å². The molecule has 0 fully saturated rings. The summed E-state index contributed by atoms with van der Waals surface area (Å²) in [6, 6.07) is 3.13. The summed E-state index contributed by atoms with van der Waals surface area (Å²) in [5, 5.41) is 24.2. The molecule has 1 amide bonds. The minimum absolute atomic E-state index is 0.0133. The number of benzene rings is 1. The molecule has 110 valence electrons. The molecule has 0 bridgehead atoms. The molecule has 0 radical (unpaired) electrons. The van der Waals surface area contributed by atoms with Crippen molar-refractivity contribution in [1.29, 1.82) is 0 Å². The fraction of sp³-hybridized carbons (Fsp3) is 0.200. The highest BCUT2D eigenvalue weighted by atomic mass is 32.2. The summed E-state index contributed by atoms with van der Waals surface area (Å²) < 4.78 is 14.6. The van der Waals surface area contributed by atoms with Gasteiger partial charge in [0.2, 0.25) is 16.9 Å². The Morgan fingerprint density at radius 3 is 2.95 bits per heavy atom. The van der Waals surface area contributed by atoms with Gasteiger partial charge >= 0.3 is 5.69 Å². The normalized spacial score (nSPS) is 10.4. The van der Waals surface area contributed by atoms with Crippen LogP contribution in [-0.2, 0) is 11.8 Å². The number of aromatic nitrogens is 4. The third-order valence-electron chi connectivity index (χ3n) is 2.34. The van der Waals surface area contributed by atoms with Gasteiger partial charge in [-0.3, -0.25) is 14.9 Å². The summed E-state index contributed by atoms with van der Waals surface area (Å²) in [4.78, 5) is 21.5. The fourth-order valence-electron chi connectivity index (χ4n) is 1.40. The molecule has 0 aliphatic carbocycles. The van der Waals surface area contributed by atoms with Gasteiger partial charge in [-0.2, -0.15) is 4.39 Å². The summed E-state index contributed by atoms with van der Waals surface area (Å²) in [5.41, 5.74) is -0.553. The molecule has 0 atom stereocenters. The maximum absolute atomic E-state index is 13.2. The van der Waals surface area contributed by atoms with Crippen molar-refractivity contribution in [3.8, 4) is 0 Å². The van der Waals surface area contributed by atoms with Crippen LogP contribution in [0.4, 0.5) is 15.8 Å². The molecule has 21 heavy (non-hydrogen) atoms. The number of rotatable bonds is 5. The summed E-state index contributed by atoms with van der Waals surface area (Å²) in [6.07, 6.45) is 0. The van der Waals surface area contributed by atoms with E-state index in [0.717, 1.165) is 23.9 Å². The fourth-order valence-corrected chi connectivity index (χ4v) is 2.05. The first-order valence-electron chi connectivity index (χ1n) is 5.56. The van der Waals surface area contributed by atoms with E-state index in [1.165, 1.54) is 10.7 Å². The van der Waals surface area contributed by atoms with Crippen LogP contribution in [0.15, 0.2) is 23.4 Å². The number of hydrogen-bond acceptors (Lipinski definition) is 7. The third kappa shape index (κ3) is 3.72. The molecule has 0 saturated heterocycles. The maximum atomic E-state index is 13.2. The number of aryl methyl sites for hydroxylation is 1. The minimum Gasteiger partial charge on any atom is -0.325 e. The summed E-state index contributed by atoms with van der Waals surface area (Å²) in [6.45, 7) is 0. The van der Waals surface area contributed by atoms with E-state index in [2.05, 4.69) is 20.8 Å². The molecule has 0 spiro atoms. The van der Waals surface area contributed by atoms with Gasteiger partial charge in [0.25, 0.3) is 0 Å². The first-order chi connectivity index (χ1) is 9.97. The van der Waals surface area contributed by atoms with Crippen LogP contribution in [0.3, 0.4) is 0 Å². The standard InChI is InChI=1S/C10H9FN6O3S/c1-16-10(13-14-15-16)21-5-9(18)12-6-2-3-7(11)8(4-6)17(19)20/h2-4H,5H2,1H3,(H,12,18). The maximum Gasteiger partial charge on any atom is 0.306 e. The molecular formula is C10H9FN6O3S. The SMILES string of the molecule is Cn1nnnc1SCC(=O)Nc1ccc(F)c([N+](=O)[O-])c1. The van der Waals surface area contributed by atoms with Crippen molar-refractivity contribution in [2.75, 3.05) is 11.1 Å². The van der Waals surface area contributed by atoms with Gasteiger partial charge in [0.05, 0.1) is 10.7 Å². The van der Waals surface area contributed by atoms with Crippen LogP contribution >= 0.6 is 11.8 Å². The number of nitrogens with zero attached hydrogens (tertiary/aromatic N) is 5. The largest absolute Gasteiger partial charge is 0.325 e. The lowest BCUT2D eigenvalue weighted by Crippen LogP contribution is -2.14. The van der Waals surface area contributed by atoms with Gasteiger partial charge in [0.15, 0.2) is 0 Å². The van der Waals surface area contributed by atoms with Gasteiger partial charge in [-0.05, 0) is 22.6 Å². The smallest absolute Gasteiger partial charge is 0.306 e. The van der Waals surface area contributed by atoms with Crippen LogP contribution in [0.5, 0.6) is 0 Å². The highest BCUT2D eigenvalue weighted by Gasteiger charge is 2.15. The van der Waals surface area contributed by atoms with E-state index in [1.54, 1.807) is 7.05 Å². The van der Waals surface area contributed by atoms with Gasteiger partial charge in [0, 0.05) is 18.8 Å². The second kappa shape index (κ2) is 6.26. The van der Waals surface area contributed by atoms with Crippen LogP contribution in [0.1, 0.15) is 0 Å². The van der Waals surface area contributed by atoms with E-state index in [-0.39, 0.29) is 11.4 Å². The average Bonchev–Trinajstić information content (AvgIpc) is 2.84. The number of hydrogen-bond donors (Lipinski definition) is 1. The molecule has 11 heteroatoms. The Hall–Kier alpha value is -2.56. The molecule has 0 aliphatic rings. The van der Waals surface area contributed by atoms with Crippen LogP contribution in [0, 0.1) is 15.9 Å². The Labute approximate surface area is 121 Å². The summed E-state index contributed by atoms with van der Waals surface area (Å²) in [7, 11) is 1.63. The lowest BCUT2D eigenvalue weighted by molar-refractivity contribution is -0.387. The third-order valence-corrected chi connectivity index (χ3v) is 3.35. The van der Waals surface area contributed by atoms with E-state index >= 15 is 0 Å². The van der Waals surface area contributed by atoms with Gasteiger partial charge in [-0.25, -0.2) is 4.68 Å². The van der Waals surface area contributed by atoms with E-state index in [9.17, 15) is 19.3 Å². The number of halogens is 1. The van der Waals surface area contributed by atoms with Gasteiger partial charge in [0.1, 0.15) is 0 Å². The molecule has 0 unspecified atom stereocenters. The number of nitro benzene ring substituents is 1. The highest BCUT2D eigenvalue weighted by molar-refractivity contribution is 7.99. The van der Waals surface area contributed by atoms with Crippen molar-refractivity contribution in [1.82, 2.24) is 20.2 Å². The summed E-state index contributed by atoms with van der Waals surface area (Å²) >= 11 is 1.10. The van der Waals surface area contributed by atoms with Crippen molar-refractivity contribution in [2.24, 2.45) is 7.05 Å². The molecule has 1 N–H and O–H groups in total. The molecule has 1 aromatic heterocycles. The Morgan fingerprint density at radius 1 is 1.57 bits per heavy atom. The topological polar surface area (TPSA) is 116 Å². The molecule has 1 heterocycles. The zero-order valence-electron chi connectivity index (χ0n) is 10.7. The molecule has 9 nitrogen and oxygen atoms in total. The van der Waals surface area contributed by atoms with Crippen molar-refractivity contribution < 1.29 is 14.1 Å². The number of carbonyl (C=O) groups is 1. The van der Waals surface area contributed by atoms with Crippen molar-refractivity contribution in [3.63, 3.8) is 0 Å². The Kier molecular flexibility index (Phi) is 4.42. The number of anilines is 1. The Bertz CT molecular complexity index is 691. The average molecular weight is 312 g/mol. The lowest BCUT2D eigenvalue weighted by atomic mass is 10.2. The van der Waals surface area contributed by atoms with Crippen LogP contribution < -0.4 is 5.32 Å². The van der Waals surface area contributed by atoms with E-state index < -0.39 is 22.3 Å². The van der Waals surface area contributed by atoms with Crippen LogP contribution in [-0.4, -0.2) is 36.8 Å². The molecule has 0 saturated carbocycles. The van der Waals surface area contributed by atoms with Gasteiger partial charge in [-0.15, -0.1) is 5.10 Å². The first kappa shape index (κ1) is 14.8. The second-order valence-electron chi connectivity index (χ2n) is 3.85. The number of thioether (sulfide) groups is 1. The predicted molar refractivity (Wildman–Crippen MR) is 71.2 cm³/mol. The molecule has 1 aromatic carbocycles. The van der Waals surface area contributed by atoms with E-state index in [4.69, 9.17) is 0 Å². The quantitative estimate of drug-likeness (QED) is 0.497. The number of nitro groups is 1. The van der Waals surface area contributed by atoms with Crippen LogP contribution in [0.2, 0.25) is 0 Å². The Balaban J connectivity index is 1.98. The molecule has 2 rings (SSSR count). The van der Waals surface area contributed by atoms with Crippen molar-refractivity contribution in [3.05, 3.63) is 34.1 Å². The Morgan fingerprint density at radius 2 is 2.33 bits per heavy atom. The van der Waals surface area contributed by atoms with Gasteiger partial charge < -0.3 is 5.32 Å². The number of nitrogens with one attached hydrogen (secondary N) is 1. The second-order valence-corrected chi connectivity index (χ2v) is 4.79. The van der Waals surface area contributed by atoms with E-state index in [0.29, 0.717) is 5.16 Å². The van der Waals surface area contributed by atoms with Crippen molar-refractivity contribution >= 4 is 29.0 Å². The summed E-state index contributed by atoms with van der Waals surface area (Å²) in [5.74, 6) is -1.36. The number of carbonyl (C=O) groups excluding carboxylic acids is 1. The lowest BCUT2D eigenvalue weighted by Gasteiger charge is -2.04. The van der Waals surface area contributed by atoms with Crippen LogP contribution in [0.25, 0.3) is 0 Å². The van der Waals surface area contributed by atoms with Crippen molar-refractivity contribution in [2.45, 2.75) is 5.16 Å². The zero-order chi connectivity index (χ0) is 15.4. The predicted octanol–water partition coefficient (Wildman–Crippen LogP) is 0.988. The first-order valence-corrected chi connectivity index (χ1v) is 6.55. The zero-order valence-corrected chi connectivity index (χ0v) is 11.5. The molecular weight excluding hydrogens is 303 g/mol. The number of amides is 1. The minimum atomic E-state index is -0.961. The monoisotopic (exact) mass is 312 g/mol.